The number of aromatic hydroxyl groups is 1. The second kappa shape index (κ2) is 11.3. The Balaban J connectivity index is 1.45. The van der Waals surface area contributed by atoms with E-state index in [0.717, 1.165) is 45.9 Å². The summed E-state index contributed by atoms with van der Waals surface area (Å²) >= 11 is 0. The molecule has 0 radical (unpaired) electrons. The summed E-state index contributed by atoms with van der Waals surface area (Å²) in [5.74, 6) is 2.57. The fraction of sp³-hybridized carbons (Fsp3) is 0.375. The number of aryl methyl sites for hydroxylation is 1. The summed E-state index contributed by atoms with van der Waals surface area (Å²) in [5, 5.41) is 10.1. The Hall–Kier alpha value is -3.44. The second-order valence-corrected chi connectivity index (χ2v) is 9.97. The molecule has 1 unspecified atom stereocenters. The van der Waals surface area contributed by atoms with E-state index in [2.05, 4.69) is 49.1 Å². The molecule has 1 saturated heterocycles. The number of fused-ring (bicyclic) bond motifs is 1. The van der Waals surface area contributed by atoms with Gasteiger partial charge in [0.15, 0.2) is 0 Å². The molecule has 5 heteroatoms. The lowest BCUT2D eigenvalue weighted by Gasteiger charge is -2.32. The topological polar surface area (TPSA) is 51.2 Å². The van der Waals surface area contributed by atoms with Crippen LogP contribution >= 0.6 is 0 Å². The zero-order valence-corrected chi connectivity index (χ0v) is 22.1. The molecule has 3 aromatic rings. The largest absolute Gasteiger partial charge is 0.508 e. The highest BCUT2D eigenvalue weighted by molar-refractivity contribution is 5.97. The Labute approximate surface area is 220 Å². The number of piperidine rings is 1. The first-order valence-electron chi connectivity index (χ1n) is 13.4. The van der Waals surface area contributed by atoms with E-state index < -0.39 is 0 Å². The number of phenolic OH excluding ortho intramolecular Hbond substituents is 1. The van der Waals surface area contributed by atoms with Crippen molar-refractivity contribution in [1.82, 2.24) is 4.90 Å². The first kappa shape index (κ1) is 25.2. The standard InChI is InChI=1S/C32H37NO4/c1-4-35-30-21-25(34)11-14-27(30)31-23(3)28-20-22(2)8-15-29(28)37-32(31)24-9-12-26(13-10-24)36-19-18-33-16-6-5-7-17-33/h8-15,20-21,32,34H,4-7,16-19H2,1-3H3. The van der Waals surface area contributed by atoms with Crippen LogP contribution in [0.5, 0.6) is 23.0 Å². The monoisotopic (exact) mass is 499 g/mol. The molecule has 0 amide bonds. The maximum atomic E-state index is 10.1. The van der Waals surface area contributed by atoms with Crippen molar-refractivity contribution in [3.8, 4) is 23.0 Å². The minimum Gasteiger partial charge on any atom is -0.508 e. The summed E-state index contributed by atoms with van der Waals surface area (Å²) in [6, 6.07) is 19.9. The predicted molar refractivity (Wildman–Crippen MR) is 149 cm³/mol. The number of phenols is 1. The van der Waals surface area contributed by atoms with Crippen LogP contribution in [0.1, 0.15) is 61.5 Å². The van der Waals surface area contributed by atoms with Crippen molar-refractivity contribution in [2.75, 3.05) is 32.8 Å². The van der Waals surface area contributed by atoms with Gasteiger partial charge in [0.05, 0.1) is 6.61 Å². The van der Waals surface area contributed by atoms with Gasteiger partial charge in [-0.25, -0.2) is 0 Å². The van der Waals surface area contributed by atoms with Crippen molar-refractivity contribution >= 4 is 11.1 Å². The molecule has 2 aliphatic heterocycles. The van der Waals surface area contributed by atoms with Crippen LogP contribution in [0.2, 0.25) is 0 Å². The molecule has 1 N–H and O–H groups in total. The predicted octanol–water partition coefficient (Wildman–Crippen LogP) is 7.03. The van der Waals surface area contributed by atoms with E-state index >= 15 is 0 Å². The molecule has 0 spiro atoms. The van der Waals surface area contributed by atoms with Gasteiger partial charge in [-0.1, -0.05) is 30.2 Å². The molecule has 5 nitrogen and oxygen atoms in total. The Bertz CT molecular complexity index is 1260. The fourth-order valence-electron chi connectivity index (χ4n) is 5.37. The Morgan fingerprint density at radius 1 is 0.892 bits per heavy atom. The quantitative estimate of drug-likeness (QED) is 0.361. The minimum atomic E-state index is -0.318. The van der Waals surface area contributed by atoms with Gasteiger partial charge in [-0.15, -0.1) is 0 Å². The molecule has 0 saturated carbocycles. The number of likely N-dealkylation sites (tertiary alicyclic amines) is 1. The molecule has 3 aromatic carbocycles. The molecule has 1 fully saturated rings. The Morgan fingerprint density at radius 3 is 2.43 bits per heavy atom. The van der Waals surface area contributed by atoms with Crippen molar-refractivity contribution in [1.29, 1.82) is 0 Å². The lowest BCUT2D eigenvalue weighted by Crippen LogP contribution is -2.33. The number of allylic oxidation sites excluding steroid dienone is 1. The van der Waals surface area contributed by atoms with E-state index in [1.54, 1.807) is 12.1 Å². The molecule has 0 aromatic heterocycles. The normalized spacial score (nSPS) is 17.8. The number of nitrogens with zero attached hydrogens (tertiary/aromatic N) is 1. The van der Waals surface area contributed by atoms with Gasteiger partial charge in [-0.05, 0) is 94.2 Å². The SMILES string of the molecule is CCOc1cc(O)ccc1C1=C(C)c2cc(C)ccc2OC1c1ccc(OCCN2CCCCC2)cc1. The average molecular weight is 500 g/mol. The van der Waals surface area contributed by atoms with Crippen molar-refractivity contribution in [2.24, 2.45) is 0 Å². The zero-order chi connectivity index (χ0) is 25.8. The smallest absolute Gasteiger partial charge is 0.150 e. The molecule has 2 aliphatic rings. The van der Waals surface area contributed by atoms with Crippen LogP contribution in [0.15, 0.2) is 60.7 Å². The van der Waals surface area contributed by atoms with Gasteiger partial charge in [0.25, 0.3) is 0 Å². The average Bonchev–Trinajstić information content (AvgIpc) is 2.91. The molecule has 0 aliphatic carbocycles. The first-order chi connectivity index (χ1) is 18.0. The van der Waals surface area contributed by atoms with Gasteiger partial charge in [0, 0.05) is 29.3 Å². The van der Waals surface area contributed by atoms with Crippen LogP contribution in [0.25, 0.3) is 11.1 Å². The molecular formula is C32H37NO4. The maximum Gasteiger partial charge on any atom is 0.150 e. The zero-order valence-electron chi connectivity index (χ0n) is 22.1. The van der Waals surface area contributed by atoms with Gasteiger partial charge in [0.2, 0.25) is 0 Å². The van der Waals surface area contributed by atoms with Crippen molar-refractivity contribution in [3.05, 3.63) is 82.9 Å². The van der Waals surface area contributed by atoms with Gasteiger partial charge >= 0.3 is 0 Å². The Morgan fingerprint density at radius 2 is 1.68 bits per heavy atom. The van der Waals surface area contributed by atoms with Crippen LogP contribution in [-0.4, -0.2) is 42.9 Å². The first-order valence-corrected chi connectivity index (χ1v) is 13.4. The third-order valence-electron chi connectivity index (χ3n) is 7.31. The lowest BCUT2D eigenvalue weighted by atomic mass is 9.85. The van der Waals surface area contributed by atoms with Crippen LogP contribution < -0.4 is 14.2 Å². The number of hydrogen-bond acceptors (Lipinski definition) is 5. The third-order valence-corrected chi connectivity index (χ3v) is 7.31. The highest BCUT2D eigenvalue weighted by Crippen LogP contribution is 2.49. The number of rotatable bonds is 8. The number of benzene rings is 3. The van der Waals surface area contributed by atoms with Gasteiger partial charge in [-0.3, -0.25) is 4.90 Å². The second-order valence-electron chi connectivity index (χ2n) is 9.97. The molecular weight excluding hydrogens is 462 g/mol. The molecule has 2 heterocycles. The van der Waals surface area contributed by atoms with Crippen molar-refractivity contribution in [2.45, 2.75) is 46.1 Å². The van der Waals surface area contributed by atoms with E-state index in [-0.39, 0.29) is 11.9 Å². The Kier molecular flexibility index (Phi) is 7.71. The number of hydrogen-bond donors (Lipinski definition) is 1. The van der Waals surface area contributed by atoms with Crippen LogP contribution in [-0.2, 0) is 0 Å². The van der Waals surface area contributed by atoms with Crippen molar-refractivity contribution in [3.63, 3.8) is 0 Å². The van der Waals surface area contributed by atoms with E-state index in [9.17, 15) is 5.11 Å². The van der Waals surface area contributed by atoms with E-state index in [1.807, 2.05) is 25.1 Å². The fourth-order valence-corrected chi connectivity index (χ4v) is 5.37. The summed E-state index contributed by atoms with van der Waals surface area (Å²) in [6.07, 6.45) is 3.61. The molecule has 1 atom stereocenters. The summed E-state index contributed by atoms with van der Waals surface area (Å²) in [5.41, 5.74) is 6.42. The molecule has 37 heavy (non-hydrogen) atoms. The van der Waals surface area contributed by atoms with Crippen LogP contribution in [0.4, 0.5) is 0 Å². The third kappa shape index (κ3) is 5.62. The highest BCUT2D eigenvalue weighted by atomic mass is 16.5. The van der Waals surface area contributed by atoms with E-state index in [0.29, 0.717) is 19.0 Å². The highest BCUT2D eigenvalue weighted by Gasteiger charge is 2.31. The maximum absolute atomic E-state index is 10.1. The van der Waals surface area contributed by atoms with E-state index in [1.165, 1.54) is 37.9 Å². The van der Waals surface area contributed by atoms with Gasteiger partial charge in [-0.2, -0.15) is 0 Å². The van der Waals surface area contributed by atoms with E-state index in [4.69, 9.17) is 14.2 Å². The summed E-state index contributed by atoms with van der Waals surface area (Å²) in [7, 11) is 0. The van der Waals surface area contributed by atoms with Crippen LogP contribution in [0, 0.1) is 6.92 Å². The summed E-state index contributed by atoms with van der Waals surface area (Å²) in [4.78, 5) is 2.49. The van der Waals surface area contributed by atoms with Crippen molar-refractivity contribution < 1.29 is 19.3 Å². The minimum absolute atomic E-state index is 0.182. The lowest BCUT2D eigenvalue weighted by molar-refractivity contribution is 0.183. The molecule has 0 bridgehead atoms. The summed E-state index contributed by atoms with van der Waals surface area (Å²) < 4.78 is 18.7. The van der Waals surface area contributed by atoms with Gasteiger partial charge < -0.3 is 19.3 Å². The summed E-state index contributed by atoms with van der Waals surface area (Å²) in [6.45, 7) is 10.7. The van der Waals surface area contributed by atoms with Crippen LogP contribution in [0.3, 0.4) is 0 Å². The molecule has 194 valence electrons. The number of ether oxygens (including phenoxy) is 3. The molecule has 5 rings (SSSR count). The van der Waals surface area contributed by atoms with Gasteiger partial charge in [0.1, 0.15) is 35.7 Å².